The molecule has 0 radical (unpaired) electrons. The molecule has 25 heavy (non-hydrogen) atoms. The van der Waals surface area contributed by atoms with E-state index in [1.165, 1.54) is 18.8 Å². The highest BCUT2D eigenvalue weighted by Crippen LogP contribution is 2.29. The van der Waals surface area contributed by atoms with Gasteiger partial charge >= 0.3 is 0 Å². The highest BCUT2D eigenvalue weighted by atomic mass is 16.5. The highest BCUT2D eigenvalue weighted by molar-refractivity contribution is 5.78. The maximum absolute atomic E-state index is 12.3. The molecular weight excluding hydrogens is 322 g/mol. The molecule has 0 saturated carbocycles. The average molecular weight is 341 g/mol. The number of nitrogens with one attached hydrogen (secondary N) is 1. The van der Waals surface area contributed by atoms with Gasteiger partial charge in [0.15, 0.2) is 5.60 Å². The molecule has 0 aliphatic carbocycles. The molecule has 2 aromatic heterocycles. The van der Waals surface area contributed by atoms with Crippen molar-refractivity contribution in [3.05, 3.63) is 78.1 Å². The Morgan fingerprint density at radius 1 is 1.24 bits per heavy atom. The first-order valence-corrected chi connectivity index (χ1v) is 7.80. The Labute approximate surface area is 145 Å². The fourth-order valence-electron chi connectivity index (χ4n) is 2.60. The fraction of sp³-hybridized carbons (Fsp3) is 0.211. The summed E-state index contributed by atoms with van der Waals surface area (Å²) in [4.78, 5) is 12.3. The smallest absolute Gasteiger partial charge is 0.224 e. The Morgan fingerprint density at radius 3 is 2.80 bits per heavy atom. The van der Waals surface area contributed by atoms with Crippen LogP contribution < -0.4 is 10.1 Å². The lowest BCUT2D eigenvalue weighted by Gasteiger charge is -2.25. The van der Waals surface area contributed by atoms with Crippen LogP contribution in [0.4, 0.5) is 0 Å². The van der Waals surface area contributed by atoms with E-state index in [0.717, 1.165) is 5.56 Å². The molecule has 0 aliphatic rings. The lowest BCUT2D eigenvalue weighted by Crippen LogP contribution is -2.41. The molecule has 130 valence electrons. The summed E-state index contributed by atoms with van der Waals surface area (Å²) in [6.45, 7) is -0.0388. The van der Waals surface area contributed by atoms with Crippen LogP contribution in [0.5, 0.6) is 5.75 Å². The molecular formula is C19H19NO5. The molecule has 0 bridgehead atoms. The van der Waals surface area contributed by atoms with Crippen molar-refractivity contribution in [1.29, 1.82) is 0 Å². The molecule has 0 saturated heterocycles. The van der Waals surface area contributed by atoms with Crippen LogP contribution in [-0.4, -0.2) is 24.7 Å². The fourth-order valence-corrected chi connectivity index (χ4v) is 2.60. The number of ether oxygens (including phenoxy) is 1. The van der Waals surface area contributed by atoms with E-state index in [4.69, 9.17) is 13.6 Å². The van der Waals surface area contributed by atoms with Crippen LogP contribution in [0.3, 0.4) is 0 Å². The van der Waals surface area contributed by atoms with Gasteiger partial charge in [0.2, 0.25) is 5.91 Å². The molecule has 6 heteroatoms. The zero-order valence-electron chi connectivity index (χ0n) is 13.8. The van der Waals surface area contributed by atoms with Crippen molar-refractivity contribution in [3.8, 4) is 5.75 Å². The molecule has 3 rings (SSSR count). The highest BCUT2D eigenvalue weighted by Gasteiger charge is 2.36. The van der Waals surface area contributed by atoms with E-state index in [1.54, 1.807) is 31.4 Å². The van der Waals surface area contributed by atoms with Crippen LogP contribution in [0.1, 0.15) is 16.9 Å². The van der Waals surface area contributed by atoms with Crippen LogP contribution in [-0.2, 0) is 16.8 Å². The molecule has 0 aliphatic heterocycles. The summed E-state index contributed by atoms with van der Waals surface area (Å²) in [5.41, 5.74) is -0.175. The second kappa shape index (κ2) is 7.27. The molecule has 2 heterocycles. The molecule has 6 nitrogen and oxygen atoms in total. The Bertz CT molecular complexity index is 774. The molecule has 0 fully saturated rings. The third kappa shape index (κ3) is 3.75. The Hall–Kier alpha value is -2.99. The minimum absolute atomic E-state index is 0.0388. The SMILES string of the molecule is COc1cccc(CC(=O)NCC(O)(c2ccoc2)c2ccco2)c1. The summed E-state index contributed by atoms with van der Waals surface area (Å²) in [5, 5.41) is 13.8. The van der Waals surface area contributed by atoms with Gasteiger partial charge in [-0.3, -0.25) is 4.79 Å². The van der Waals surface area contributed by atoms with Gasteiger partial charge in [-0.05, 0) is 35.9 Å². The standard InChI is InChI=1S/C19H19NO5/c1-23-16-5-2-4-14(10-16)11-18(21)20-13-19(22,15-7-9-24-12-15)17-6-3-8-25-17/h2-10,12,22H,11,13H2,1H3,(H,20,21). The molecule has 3 aromatic rings. The maximum atomic E-state index is 12.3. The average Bonchev–Trinajstić information content (AvgIpc) is 3.33. The number of methoxy groups -OCH3 is 1. The van der Waals surface area contributed by atoms with Gasteiger partial charge < -0.3 is 24.0 Å². The minimum atomic E-state index is -1.50. The minimum Gasteiger partial charge on any atom is -0.497 e. The number of hydrogen-bond acceptors (Lipinski definition) is 5. The number of rotatable bonds is 7. The predicted molar refractivity (Wildman–Crippen MR) is 90.1 cm³/mol. The van der Waals surface area contributed by atoms with E-state index in [1.807, 2.05) is 18.2 Å². The monoisotopic (exact) mass is 341 g/mol. The number of carbonyl (C=O) groups excluding carboxylic acids is 1. The summed E-state index contributed by atoms with van der Waals surface area (Å²) < 4.78 is 15.6. The lowest BCUT2D eigenvalue weighted by molar-refractivity contribution is -0.121. The van der Waals surface area contributed by atoms with E-state index >= 15 is 0 Å². The summed E-state index contributed by atoms with van der Waals surface area (Å²) >= 11 is 0. The van der Waals surface area contributed by atoms with Gasteiger partial charge in [0.05, 0.1) is 38.9 Å². The first kappa shape index (κ1) is 16.9. The number of furan rings is 2. The molecule has 1 amide bonds. The second-order valence-corrected chi connectivity index (χ2v) is 5.65. The zero-order valence-corrected chi connectivity index (χ0v) is 13.8. The third-order valence-electron chi connectivity index (χ3n) is 3.97. The molecule has 0 spiro atoms. The van der Waals surface area contributed by atoms with Crippen LogP contribution in [0.25, 0.3) is 0 Å². The summed E-state index contributed by atoms with van der Waals surface area (Å²) in [6.07, 6.45) is 4.54. The van der Waals surface area contributed by atoms with Gasteiger partial charge in [-0.25, -0.2) is 0 Å². The quantitative estimate of drug-likeness (QED) is 0.690. The number of amides is 1. The van der Waals surface area contributed by atoms with Gasteiger partial charge in [-0.15, -0.1) is 0 Å². The van der Waals surface area contributed by atoms with E-state index in [2.05, 4.69) is 5.32 Å². The molecule has 1 atom stereocenters. The van der Waals surface area contributed by atoms with Crippen LogP contribution in [0, 0.1) is 0 Å². The Morgan fingerprint density at radius 2 is 2.12 bits per heavy atom. The normalized spacial score (nSPS) is 13.2. The number of carbonyl (C=O) groups is 1. The van der Waals surface area contributed by atoms with Crippen molar-refractivity contribution in [3.63, 3.8) is 0 Å². The van der Waals surface area contributed by atoms with Crippen molar-refractivity contribution < 1.29 is 23.5 Å². The van der Waals surface area contributed by atoms with E-state index in [0.29, 0.717) is 17.1 Å². The maximum Gasteiger partial charge on any atom is 0.224 e. The second-order valence-electron chi connectivity index (χ2n) is 5.65. The Balaban J connectivity index is 1.70. The topological polar surface area (TPSA) is 84.8 Å². The molecule has 1 aromatic carbocycles. The van der Waals surface area contributed by atoms with Crippen LogP contribution >= 0.6 is 0 Å². The number of hydrogen-bond donors (Lipinski definition) is 2. The van der Waals surface area contributed by atoms with Gasteiger partial charge in [0, 0.05) is 5.56 Å². The zero-order chi connectivity index (χ0) is 17.7. The van der Waals surface area contributed by atoms with Gasteiger partial charge in [-0.2, -0.15) is 0 Å². The van der Waals surface area contributed by atoms with Crippen molar-refractivity contribution in [2.24, 2.45) is 0 Å². The van der Waals surface area contributed by atoms with Gasteiger partial charge in [-0.1, -0.05) is 12.1 Å². The van der Waals surface area contributed by atoms with Crippen molar-refractivity contribution >= 4 is 5.91 Å². The molecule has 2 N–H and O–H groups in total. The summed E-state index contributed by atoms with van der Waals surface area (Å²) in [7, 11) is 1.58. The lowest BCUT2D eigenvalue weighted by atomic mass is 9.93. The van der Waals surface area contributed by atoms with Gasteiger partial charge in [0.25, 0.3) is 0 Å². The van der Waals surface area contributed by atoms with E-state index in [9.17, 15) is 9.90 Å². The first-order chi connectivity index (χ1) is 12.1. The van der Waals surface area contributed by atoms with Crippen LogP contribution in [0.2, 0.25) is 0 Å². The van der Waals surface area contributed by atoms with E-state index in [-0.39, 0.29) is 18.9 Å². The van der Waals surface area contributed by atoms with Crippen molar-refractivity contribution in [2.45, 2.75) is 12.0 Å². The Kier molecular flexibility index (Phi) is 4.90. The van der Waals surface area contributed by atoms with Crippen LogP contribution in [0.15, 0.2) is 70.1 Å². The summed E-state index contributed by atoms with van der Waals surface area (Å²) in [5.74, 6) is 0.799. The predicted octanol–water partition coefficient (Wildman–Crippen LogP) is 2.48. The van der Waals surface area contributed by atoms with E-state index < -0.39 is 5.60 Å². The molecule has 1 unspecified atom stereocenters. The van der Waals surface area contributed by atoms with Gasteiger partial charge in [0.1, 0.15) is 11.5 Å². The van der Waals surface area contributed by atoms with Crippen molar-refractivity contribution in [2.75, 3.05) is 13.7 Å². The first-order valence-electron chi connectivity index (χ1n) is 7.80. The number of aliphatic hydroxyl groups is 1. The van der Waals surface area contributed by atoms with Crippen molar-refractivity contribution in [1.82, 2.24) is 5.32 Å². The number of benzene rings is 1. The largest absolute Gasteiger partial charge is 0.497 e. The third-order valence-corrected chi connectivity index (χ3v) is 3.97. The summed E-state index contributed by atoms with van der Waals surface area (Å²) in [6, 6.07) is 12.3.